The molecule has 3 heterocycles. The van der Waals surface area contributed by atoms with Crippen LogP contribution in [0.3, 0.4) is 0 Å². The molecule has 0 radical (unpaired) electrons. The molecule has 1 saturated heterocycles. The number of rotatable bonds is 3. The summed E-state index contributed by atoms with van der Waals surface area (Å²) in [6, 6.07) is 5.12. The molecule has 0 N–H and O–H groups in total. The lowest BCUT2D eigenvalue weighted by Gasteiger charge is -2.26. The third-order valence-corrected chi connectivity index (χ3v) is 5.19. The van der Waals surface area contributed by atoms with Crippen molar-refractivity contribution in [3.8, 4) is 16.9 Å². The average molecular weight is 355 g/mol. The van der Waals surface area contributed by atoms with Gasteiger partial charge >= 0.3 is 0 Å². The molecule has 5 nitrogen and oxygen atoms in total. The number of likely N-dealkylation sites (tertiary alicyclic amines) is 1. The predicted molar refractivity (Wildman–Crippen MR) is 97.9 cm³/mol. The number of likely N-dealkylation sites (N-methyl/N-ethyl adjacent to an activating group) is 1. The minimum atomic E-state index is -0.357. The number of amides is 1. The van der Waals surface area contributed by atoms with Gasteiger partial charge in [0, 0.05) is 49.6 Å². The maximum absolute atomic E-state index is 14.7. The first-order valence-electron chi connectivity index (χ1n) is 8.91. The van der Waals surface area contributed by atoms with Crippen LogP contribution in [0, 0.1) is 5.82 Å². The second kappa shape index (κ2) is 6.68. The van der Waals surface area contributed by atoms with Crippen molar-refractivity contribution in [3.63, 3.8) is 0 Å². The Balaban J connectivity index is 1.63. The first kappa shape index (κ1) is 17.0. The van der Waals surface area contributed by atoms with Crippen molar-refractivity contribution in [2.75, 3.05) is 32.1 Å². The molecule has 1 atom stereocenters. The second-order valence-electron chi connectivity index (χ2n) is 7.11. The third kappa shape index (κ3) is 3.17. The van der Waals surface area contributed by atoms with Crippen LogP contribution < -0.4 is 9.64 Å². The molecule has 136 valence electrons. The van der Waals surface area contributed by atoms with Gasteiger partial charge in [0.1, 0.15) is 17.7 Å². The summed E-state index contributed by atoms with van der Waals surface area (Å²) in [6.45, 7) is 1.90. The highest BCUT2D eigenvalue weighted by molar-refractivity contribution is 5.96. The number of ether oxygens (including phenoxy) is 1. The smallest absolute Gasteiger partial charge is 0.227 e. The van der Waals surface area contributed by atoms with Gasteiger partial charge in [-0.2, -0.15) is 0 Å². The van der Waals surface area contributed by atoms with Gasteiger partial charge in [0.2, 0.25) is 5.91 Å². The summed E-state index contributed by atoms with van der Waals surface area (Å²) in [5.41, 5.74) is 2.81. The van der Waals surface area contributed by atoms with E-state index in [1.165, 1.54) is 11.0 Å². The highest BCUT2D eigenvalue weighted by Crippen LogP contribution is 2.34. The largest absolute Gasteiger partial charge is 0.487 e. The van der Waals surface area contributed by atoms with Crippen LogP contribution in [0.2, 0.25) is 0 Å². The molecule has 1 fully saturated rings. The number of hydrogen-bond donors (Lipinski definition) is 0. The predicted octanol–water partition coefficient (Wildman–Crippen LogP) is 2.88. The lowest BCUT2D eigenvalue weighted by molar-refractivity contribution is -0.118. The molecule has 2 aromatic rings. The van der Waals surface area contributed by atoms with Crippen LogP contribution in [-0.4, -0.2) is 49.1 Å². The molecule has 0 saturated carbocycles. The Kier molecular flexibility index (Phi) is 4.36. The van der Waals surface area contributed by atoms with Crippen LogP contribution in [0.4, 0.5) is 10.1 Å². The molecule has 1 aromatic carbocycles. The van der Waals surface area contributed by atoms with Gasteiger partial charge in [0.15, 0.2) is 0 Å². The fourth-order valence-corrected chi connectivity index (χ4v) is 3.70. The number of carbonyl (C=O) groups excluding carboxylic acids is 1. The molecular formula is C20H22FN3O2. The molecule has 1 aromatic heterocycles. The number of aryl methyl sites for hydroxylation is 1. The topological polar surface area (TPSA) is 45.7 Å². The summed E-state index contributed by atoms with van der Waals surface area (Å²) in [6.07, 6.45) is 5.52. The summed E-state index contributed by atoms with van der Waals surface area (Å²) in [5.74, 6) is 0.320. The van der Waals surface area contributed by atoms with Gasteiger partial charge in [-0.1, -0.05) is 0 Å². The lowest BCUT2D eigenvalue weighted by atomic mass is 9.96. The highest BCUT2D eigenvalue weighted by Gasteiger charge is 2.24. The molecule has 0 bridgehead atoms. The Labute approximate surface area is 152 Å². The summed E-state index contributed by atoms with van der Waals surface area (Å²) in [7, 11) is 3.76. The van der Waals surface area contributed by atoms with Crippen molar-refractivity contribution < 1.29 is 13.9 Å². The number of pyridine rings is 1. The molecule has 0 spiro atoms. The van der Waals surface area contributed by atoms with E-state index in [-0.39, 0.29) is 17.8 Å². The van der Waals surface area contributed by atoms with Gasteiger partial charge in [0.05, 0.1) is 6.20 Å². The lowest BCUT2D eigenvalue weighted by Crippen LogP contribution is -2.31. The van der Waals surface area contributed by atoms with E-state index in [2.05, 4.69) is 16.9 Å². The fraction of sp³-hybridized carbons (Fsp3) is 0.400. The minimum Gasteiger partial charge on any atom is -0.487 e. The fourth-order valence-electron chi connectivity index (χ4n) is 3.70. The van der Waals surface area contributed by atoms with Crippen LogP contribution >= 0.6 is 0 Å². The molecule has 1 unspecified atom stereocenters. The molecule has 2 aliphatic heterocycles. The molecule has 6 heteroatoms. The number of anilines is 1. The van der Waals surface area contributed by atoms with Gasteiger partial charge in [0.25, 0.3) is 0 Å². The van der Waals surface area contributed by atoms with Crippen molar-refractivity contribution in [2.45, 2.75) is 25.4 Å². The van der Waals surface area contributed by atoms with E-state index in [1.54, 1.807) is 19.4 Å². The van der Waals surface area contributed by atoms with Gasteiger partial charge in [-0.25, -0.2) is 4.39 Å². The summed E-state index contributed by atoms with van der Waals surface area (Å²) >= 11 is 0. The van der Waals surface area contributed by atoms with Gasteiger partial charge < -0.3 is 14.5 Å². The average Bonchev–Trinajstić information content (AvgIpc) is 3.03. The molecule has 26 heavy (non-hydrogen) atoms. The SMILES string of the molecule is CN1CCC(Oc2cncc(-c3cc4c(cc3F)N(C)C(=O)CC4)c2)C1. The van der Waals surface area contributed by atoms with Crippen LogP contribution in [-0.2, 0) is 11.2 Å². The number of nitrogens with zero attached hydrogens (tertiary/aromatic N) is 3. The molecule has 1 amide bonds. The van der Waals surface area contributed by atoms with E-state index in [0.717, 1.165) is 25.1 Å². The maximum Gasteiger partial charge on any atom is 0.227 e. The summed E-state index contributed by atoms with van der Waals surface area (Å²) in [4.78, 5) is 19.8. The van der Waals surface area contributed by atoms with Crippen molar-refractivity contribution in [2.24, 2.45) is 0 Å². The third-order valence-electron chi connectivity index (χ3n) is 5.19. The number of hydrogen-bond acceptors (Lipinski definition) is 4. The Hall–Kier alpha value is -2.47. The summed E-state index contributed by atoms with van der Waals surface area (Å²) in [5, 5.41) is 0. The van der Waals surface area contributed by atoms with Crippen molar-refractivity contribution in [1.82, 2.24) is 9.88 Å². The van der Waals surface area contributed by atoms with Gasteiger partial charge in [-0.15, -0.1) is 0 Å². The Morgan fingerprint density at radius 1 is 1.19 bits per heavy atom. The van der Waals surface area contributed by atoms with Crippen LogP contribution in [0.25, 0.3) is 11.1 Å². The number of benzene rings is 1. The quantitative estimate of drug-likeness (QED) is 0.849. The zero-order valence-electron chi connectivity index (χ0n) is 15.0. The standard InChI is InChI=1S/C20H22FN3O2/c1-23-6-5-15(12-23)26-16-7-14(10-22-11-16)17-8-13-3-4-20(25)24(2)19(13)9-18(17)21/h7-11,15H,3-6,12H2,1-2H3. The Morgan fingerprint density at radius 3 is 2.81 bits per heavy atom. The molecular weight excluding hydrogens is 333 g/mol. The van der Waals surface area contributed by atoms with E-state index < -0.39 is 0 Å². The van der Waals surface area contributed by atoms with Gasteiger partial charge in [-0.05, 0) is 43.7 Å². The van der Waals surface area contributed by atoms with Crippen LogP contribution in [0.15, 0.2) is 30.6 Å². The molecule has 2 aliphatic rings. The number of halogens is 1. The summed E-state index contributed by atoms with van der Waals surface area (Å²) < 4.78 is 20.8. The maximum atomic E-state index is 14.7. The normalized spacial score (nSPS) is 20.3. The molecule has 4 rings (SSSR count). The van der Waals surface area contributed by atoms with E-state index in [9.17, 15) is 9.18 Å². The highest BCUT2D eigenvalue weighted by atomic mass is 19.1. The van der Waals surface area contributed by atoms with Crippen molar-refractivity contribution in [1.29, 1.82) is 0 Å². The van der Waals surface area contributed by atoms with Crippen molar-refractivity contribution in [3.05, 3.63) is 42.0 Å². The van der Waals surface area contributed by atoms with E-state index in [4.69, 9.17) is 4.74 Å². The van der Waals surface area contributed by atoms with Crippen LogP contribution in [0.5, 0.6) is 5.75 Å². The minimum absolute atomic E-state index is 0.0169. The molecule has 0 aliphatic carbocycles. The first-order chi connectivity index (χ1) is 12.5. The zero-order chi connectivity index (χ0) is 18.3. The zero-order valence-corrected chi connectivity index (χ0v) is 15.0. The Morgan fingerprint density at radius 2 is 2.04 bits per heavy atom. The number of aromatic nitrogens is 1. The Bertz CT molecular complexity index is 855. The van der Waals surface area contributed by atoms with Crippen LogP contribution in [0.1, 0.15) is 18.4 Å². The van der Waals surface area contributed by atoms with Gasteiger partial charge in [-0.3, -0.25) is 9.78 Å². The van der Waals surface area contributed by atoms with Crippen molar-refractivity contribution >= 4 is 11.6 Å². The number of fused-ring (bicyclic) bond motifs is 1. The van der Waals surface area contributed by atoms with E-state index in [0.29, 0.717) is 35.4 Å². The second-order valence-corrected chi connectivity index (χ2v) is 7.11. The van der Waals surface area contributed by atoms with E-state index >= 15 is 0 Å². The first-order valence-corrected chi connectivity index (χ1v) is 8.91. The van der Waals surface area contributed by atoms with E-state index in [1.807, 2.05) is 12.1 Å². The number of carbonyl (C=O) groups is 1. The monoisotopic (exact) mass is 355 g/mol.